The number of aromatic nitrogens is 1. The van der Waals surface area contributed by atoms with E-state index < -0.39 is 10.0 Å². The molecule has 1 amide bonds. The third kappa shape index (κ3) is 4.33. The number of ether oxygens (including phenoxy) is 1. The van der Waals surface area contributed by atoms with Gasteiger partial charge in [-0.3, -0.25) is 4.79 Å². The first-order valence-corrected chi connectivity index (χ1v) is 10.5. The Labute approximate surface area is 154 Å². The molecule has 2 aliphatic rings. The number of hydrogen-bond donors (Lipinski definition) is 2. The summed E-state index contributed by atoms with van der Waals surface area (Å²) in [5.41, 5.74) is 0. The first kappa shape index (κ1) is 19.1. The highest BCUT2D eigenvalue weighted by Crippen LogP contribution is 2.24. The number of hydrogen-bond acceptors (Lipinski definition) is 6. The van der Waals surface area contributed by atoms with Crippen LogP contribution in [0, 0.1) is 5.92 Å². The van der Waals surface area contributed by atoms with Gasteiger partial charge >= 0.3 is 0 Å². The summed E-state index contributed by atoms with van der Waals surface area (Å²) in [5.74, 6) is 0.514. The number of nitrogens with one attached hydrogen (secondary N) is 2. The van der Waals surface area contributed by atoms with Crippen LogP contribution in [-0.2, 0) is 14.8 Å². The molecule has 2 aliphatic heterocycles. The lowest BCUT2D eigenvalue weighted by atomic mass is 9.99. The maximum atomic E-state index is 12.8. The zero-order valence-electron chi connectivity index (χ0n) is 15.0. The molecular weight excluding hydrogens is 356 g/mol. The van der Waals surface area contributed by atoms with Gasteiger partial charge in [-0.05, 0) is 44.2 Å². The molecular formula is C17H26N4O4S. The van der Waals surface area contributed by atoms with E-state index in [1.807, 2.05) is 0 Å². The second-order valence-corrected chi connectivity index (χ2v) is 8.74. The monoisotopic (exact) mass is 382 g/mol. The second kappa shape index (κ2) is 8.32. The molecule has 1 aromatic rings. The number of carbonyl (C=O) groups excluding carboxylic acids is 1. The summed E-state index contributed by atoms with van der Waals surface area (Å²) < 4.78 is 32.1. The lowest BCUT2D eigenvalue weighted by Crippen LogP contribution is -2.46. The molecule has 0 saturated carbocycles. The number of sulfonamides is 1. The van der Waals surface area contributed by atoms with Crippen LogP contribution in [0.5, 0.6) is 5.88 Å². The van der Waals surface area contributed by atoms with Gasteiger partial charge in [0.2, 0.25) is 21.8 Å². The third-order valence-corrected chi connectivity index (χ3v) is 6.83. The van der Waals surface area contributed by atoms with Crippen molar-refractivity contribution in [1.82, 2.24) is 19.9 Å². The van der Waals surface area contributed by atoms with Gasteiger partial charge in [-0.2, -0.15) is 4.31 Å². The van der Waals surface area contributed by atoms with E-state index in [1.54, 1.807) is 6.07 Å². The largest absolute Gasteiger partial charge is 0.481 e. The van der Waals surface area contributed by atoms with Crippen LogP contribution in [0.4, 0.5) is 0 Å². The first-order chi connectivity index (χ1) is 12.5. The topological polar surface area (TPSA) is 101 Å². The Balaban J connectivity index is 1.58. The molecule has 0 bridgehead atoms. The van der Waals surface area contributed by atoms with Gasteiger partial charge in [0, 0.05) is 25.7 Å². The van der Waals surface area contributed by atoms with Crippen LogP contribution in [0.1, 0.15) is 25.7 Å². The number of carbonyl (C=O) groups is 1. The van der Waals surface area contributed by atoms with Crippen molar-refractivity contribution < 1.29 is 17.9 Å². The van der Waals surface area contributed by atoms with Gasteiger partial charge in [-0.15, -0.1) is 0 Å². The smallest absolute Gasteiger partial charge is 0.244 e. The summed E-state index contributed by atoms with van der Waals surface area (Å²) in [6, 6.07) is 2.95. The average Bonchev–Trinajstić information content (AvgIpc) is 3.21. The summed E-state index contributed by atoms with van der Waals surface area (Å²) in [6.07, 6.45) is 4.90. The molecule has 3 heterocycles. The minimum atomic E-state index is -3.58. The lowest BCUT2D eigenvalue weighted by Gasteiger charge is -2.32. The number of methoxy groups -OCH3 is 1. The maximum absolute atomic E-state index is 12.8. The molecule has 0 spiro atoms. The number of pyridine rings is 1. The first-order valence-electron chi connectivity index (χ1n) is 9.02. The fourth-order valence-electron chi connectivity index (χ4n) is 3.48. The van der Waals surface area contributed by atoms with Gasteiger partial charge in [0.1, 0.15) is 4.90 Å². The summed E-state index contributed by atoms with van der Waals surface area (Å²) in [6.45, 7) is 2.28. The highest BCUT2D eigenvalue weighted by atomic mass is 32.2. The van der Waals surface area contributed by atoms with E-state index in [0.29, 0.717) is 25.5 Å². The van der Waals surface area contributed by atoms with Crippen LogP contribution in [0.15, 0.2) is 23.2 Å². The van der Waals surface area contributed by atoms with Crippen molar-refractivity contribution in [3.8, 4) is 5.88 Å². The van der Waals surface area contributed by atoms with Crippen LogP contribution < -0.4 is 15.4 Å². The van der Waals surface area contributed by atoms with Crippen molar-refractivity contribution in [2.45, 2.75) is 36.6 Å². The van der Waals surface area contributed by atoms with E-state index in [2.05, 4.69) is 15.6 Å². The molecule has 0 aliphatic carbocycles. The zero-order valence-corrected chi connectivity index (χ0v) is 15.8. The number of rotatable bonds is 6. The molecule has 3 rings (SSSR count). The fraction of sp³-hybridized carbons (Fsp3) is 0.647. The Bertz CT molecular complexity index is 717. The van der Waals surface area contributed by atoms with Gasteiger partial charge in [-0.25, -0.2) is 13.4 Å². The maximum Gasteiger partial charge on any atom is 0.244 e. The molecule has 9 heteroatoms. The molecule has 2 atom stereocenters. The van der Waals surface area contributed by atoms with E-state index in [1.165, 1.54) is 23.7 Å². The molecule has 2 saturated heterocycles. The van der Waals surface area contributed by atoms with Crippen LogP contribution >= 0.6 is 0 Å². The third-order valence-electron chi connectivity index (χ3n) is 4.98. The van der Waals surface area contributed by atoms with Crippen LogP contribution in [0.2, 0.25) is 0 Å². The molecule has 2 unspecified atom stereocenters. The fourth-order valence-corrected chi connectivity index (χ4v) is 4.98. The Morgan fingerprint density at radius 3 is 2.88 bits per heavy atom. The van der Waals surface area contributed by atoms with Crippen molar-refractivity contribution in [3.63, 3.8) is 0 Å². The minimum Gasteiger partial charge on any atom is -0.481 e. The minimum absolute atomic E-state index is 0.0156. The van der Waals surface area contributed by atoms with Crippen molar-refractivity contribution in [1.29, 1.82) is 0 Å². The zero-order chi connectivity index (χ0) is 18.6. The Hall–Kier alpha value is -1.71. The Morgan fingerprint density at radius 1 is 1.38 bits per heavy atom. The van der Waals surface area contributed by atoms with Crippen LogP contribution in [0.3, 0.4) is 0 Å². The second-order valence-electron chi connectivity index (χ2n) is 6.80. The van der Waals surface area contributed by atoms with E-state index in [9.17, 15) is 13.2 Å². The Morgan fingerprint density at radius 2 is 2.23 bits per heavy atom. The van der Waals surface area contributed by atoms with Gasteiger partial charge in [0.15, 0.2) is 0 Å². The predicted molar refractivity (Wildman–Crippen MR) is 96.3 cm³/mol. The average molecular weight is 382 g/mol. The van der Waals surface area contributed by atoms with E-state index in [4.69, 9.17) is 4.74 Å². The summed E-state index contributed by atoms with van der Waals surface area (Å²) in [4.78, 5) is 16.3. The number of piperidine rings is 1. The number of amides is 1. The van der Waals surface area contributed by atoms with E-state index >= 15 is 0 Å². The molecule has 144 valence electrons. The van der Waals surface area contributed by atoms with Crippen LogP contribution in [-0.4, -0.2) is 62.9 Å². The van der Waals surface area contributed by atoms with E-state index in [0.717, 1.165) is 32.2 Å². The molecule has 0 radical (unpaired) electrons. The highest BCUT2D eigenvalue weighted by molar-refractivity contribution is 7.89. The molecule has 2 fully saturated rings. The summed E-state index contributed by atoms with van der Waals surface area (Å²) >= 11 is 0. The van der Waals surface area contributed by atoms with Crippen molar-refractivity contribution in [2.75, 3.05) is 33.3 Å². The SMILES string of the molecule is COc1ccc(S(=O)(=O)N2CCCC(CNC(=O)C3CCCN3)C2)cn1. The Kier molecular flexibility index (Phi) is 6.10. The van der Waals surface area contributed by atoms with Gasteiger partial charge in [-0.1, -0.05) is 0 Å². The summed E-state index contributed by atoms with van der Waals surface area (Å²) in [5, 5.41) is 6.14. The van der Waals surface area contributed by atoms with E-state index in [-0.39, 0.29) is 22.8 Å². The molecule has 0 aromatic carbocycles. The standard InChI is InChI=1S/C17H26N4O4S/c1-25-16-7-6-14(11-19-16)26(23,24)21-9-3-4-13(12-21)10-20-17(22)15-5-2-8-18-15/h6-7,11,13,15,18H,2-5,8-10,12H2,1H3,(H,20,22). The quantitative estimate of drug-likeness (QED) is 0.737. The number of nitrogens with zero attached hydrogens (tertiary/aromatic N) is 2. The van der Waals surface area contributed by atoms with Crippen LogP contribution in [0.25, 0.3) is 0 Å². The van der Waals surface area contributed by atoms with Crippen molar-refractivity contribution in [2.24, 2.45) is 5.92 Å². The molecule has 1 aromatic heterocycles. The predicted octanol–water partition coefficient (Wildman–Crippen LogP) is 0.359. The molecule has 26 heavy (non-hydrogen) atoms. The van der Waals surface area contributed by atoms with Crippen molar-refractivity contribution >= 4 is 15.9 Å². The molecule has 8 nitrogen and oxygen atoms in total. The van der Waals surface area contributed by atoms with Gasteiger partial charge < -0.3 is 15.4 Å². The summed E-state index contributed by atoms with van der Waals surface area (Å²) in [7, 11) is -2.10. The normalized spacial score (nSPS) is 24.3. The highest BCUT2D eigenvalue weighted by Gasteiger charge is 2.31. The van der Waals surface area contributed by atoms with Gasteiger partial charge in [0.05, 0.1) is 19.3 Å². The molecule has 2 N–H and O–H groups in total. The van der Waals surface area contributed by atoms with Gasteiger partial charge in [0.25, 0.3) is 0 Å². The lowest BCUT2D eigenvalue weighted by molar-refractivity contribution is -0.123. The van der Waals surface area contributed by atoms with Crippen molar-refractivity contribution in [3.05, 3.63) is 18.3 Å².